The second-order valence-electron chi connectivity index (χ2n) is 3.33. The third kappa shape index (κ3) is 2.58. The number of hydrogen-bond acceptors (Lipinski definition) is 2. The smallest absolute Gasteiger partial charge is 0.255 e. The Balaban J connectivity index is 2.88. The summed E-state index contributed by atoms with van der Waals surface area (Å²) in [5.74, 6) is 0. The monoisotopic (exact) mass is 200 g/mol. The van der Waals surface area contributed by atoms with Crippen molar-refractivity contribution >= 4 is 11.4 Å². The highest BCUT2D eigenvalue weighted by molar-refractivity contribution is 5.68. The fourth-order valence-corrected chi connectivity index (χ4v) is 1.29. The van der Waals surface area contributed by atoms with Crippen LogP contribution in [0.5, 0.6) is 0 Å². The van der Waals surface area contributed by atoms with Crippen LogP contribution in [0.4, 0.5) is 20.2 Å². The summed E-state index contributed by atoms with van der Waals surface area (Å²) in [5, 5.41) is 0. The maximum absolute atomic E-state index is 12.1. The first-order chi connectivity index (χ1) is 6.50. The van der Waals surface area contributed by atoms with Gasteiger partial charge >= 0.3 is 0 Å². The lowest BCUT2D eigenvalue weighted by Gasteiger charge is -2.20. The largest absolute Gasteiger partial charge is 0.397 e. The zero-order valence-electron chi connectivity index (χ0n) is 8.30. The summed E-state index contributed by atoms with van der Waals surface area (Å²) in [6.45, 7) is 1.60. The van der Waals surface area contributed by atoms with E-state index >= 15 is 0 Å². The lowest BCUT2D eigenvalue weighted by Crippen LogP contribution is -2.24. The normalized spacial score (nSPS) is 10.6. The number of anilines is 2. The highest BCUT2D eigenvalue weighted by atomic mass is 19.3. The van der Waals surface area contributed by atoms with Gasteiger partial charge in [0.2, 0.25) is 0 Å². The molecule has 0 saturated carbocycles. The molecular weight excluding hydrogens is 186 g/mol. The third-order valence-corrected chi connectivity index (χ3v) is 2.01. The first-order valence-corrected chi connectivity index (χ1v) is 4.36. The van der Waals surface area contributed by atoms with Gasteiger partial charge in [-0.1, -0.05) is 6.07 Å². The zero-order valence-corrected chi connectivity index (χ0v) is 8.30. The average molecular weight is 200 g/mol. The van der Waals surface area contributed by atoms with Crippen LogP contribution in [0, 0.1) is 6.92 Å². The molecule has 1 rings (SSSR count). The molecule has 1 aromatic carbocycles. The summed E-state index contributed by atoms with van der Waals surface area (Å²) >= 11 is 0. The summed E-state index contributed by atoms with van der Waals surface area (Å²) in [6.07, 6.45) is -2.35. The van der Waals surface area contributed by atoms with Crippen LogP contribution in [-0.2, 0) is 0 Å². The van der Waals surface area contributed by atoms with E-state index in [4.69, 9.17) is 5.73 Å². The molecule has 0 amide bonds. The fourth-order valence-electron chi connectivity index (χ4n) is 1.29. The molecular formula is C10H14F2N2. The van der Waals surface area contributed by atoms with E-state index in [0.717, 1.165) is 5.56 Å². The molecule has 0 aliphatic carbocycles. The molecule has 2 N–H and O–H groups in total. The standard InChI is InChI=1S/C10H14F2N2/c1-7-3-4-8(13)9(5-7)14(2)6-10(11)12/h3-5,10H,6,13H2,1-2H3. The SMILES string of the molecule is Cc1ccc(N)c(N(C)CC(F)F)c1. The lowest BCUT2D eigenvalue weighted by atomic mass is 10.2. The average Bonchev–Trinajstić information content (AvgIpc) is 2.08. The summed E-state index contributed by atoms with van der Waals surface area (Å²) in [6, 6.07) is 5.39. The second-order valence-corrected chi connectivity index (χ2v) is 3.33. The van der Waals surface area contributed by atoms with Crippen LogP contribution in [0.15, 0.2) is 18.2 Å². The van der Waals surface area contributed by atoms with Gasteiger partial charge in [0, 0.05) is 7.05 Å². The highest BCUT2D eigenvalue weighted by Gasteiger charge is 2.10. The minimum absolute atomic E-state index is 0.298. The van der Waals surface area contributed by atoms with Crippen LogP contribution < -0.4 is 10.6 Å². The Morgan fingerprint density at radius 3 is 2.64 bits per heavy atom. The zero-order chi connectivity index (χ0) is 10.7. The molecule has 0 bridgehead atoms. The molecule has 0 fully saturated rings. The quantitative estimate of drug-likeness (QED) is 0.758. The Kier molecular flexibility index (Phi) is 3.28. The molecule has 0 unspecified atom stereocenters. The Morgan fingerprint density at radius 1 is 1.43 bits per heavy atom. The Labute approximate surface area is 82.3 Å². The first kappa shape index (κ1) is 10.8. The van der Waals surface area contributed by atoms with Crippen molar-refractivity contribution < 1.29 is 8.78 Å². The van der Waals surface area contributed by atoms with Gasteiger partial charge < -0.3 is 10.6 Å². The van der Waals surface area contributed by atoms with Crippen LogP contribution in [0.1, 0.15) is 5.56 Å². The fraction of sp³-hybridized carbons (Fsp3) is 0.400. The number of nitrogens with zero attached hydrogens (tertiary/aromatic N) is 1. The van der Waals surface area contributed by atoms with Crippen molar-refractivity contribution in [2.75, 3.05) is 24.2 Å². The second kappa shape index (κ2) is 4.26. The van der Waals surface area contributed by atoms with Crippen LogP contribution in [0.2, 0.25) is 0 Å². The Hall–Kier alpha value is -1.32. The van der Waals surface area contributed by atoms with Gasteiger partial charge in [-0.3, -0.25) is 0 Å². The molecule has 4 heteroatoms. The summed E-state index contributed by atoms with van der Waals surface area (Å²) in [7, 11) is 1.61. The maximum atomic E-state index is 12.1. The highest BCUT2D eigenvalue weighted by Crippen LogP contribution is 2.23. The molecule has 1 aromatic rings. The maximum Gasteiger partial charge on any atom is 0.255 e. The van der Waals surface area contributed by atoms with E-state index in [1.165, 1.54) is 4.90 Å². The van der Waals surface area contributed by atoms with Gasteiger partial charge in [-0.2, -0.15) is 0 Å². The summed E-state index contributed by atoms with van der Waals surface area (Å²) in [4.78, 5) is 1.47. The van der Waals surface area contributed by atoms with E-state index in [-0.39, 0.29) is 6.54 Å². The molecule has 0 heterocycles. The summed E-state index contributed by atoms with van der Waals surface area (Å²) in [5.41, 5.74) is 7.87. The molecule has 0 spiro atoms. The topological polar surface area (TPSA) is 29.3 Å². The number of benzene rings is 1. The van der Waals surface area contributed by atoms with Crippen molar-refractivity contribution in [3.63, 3.8) is 0 Å². The minimum Gasteiger partial charge on any atom is -0.397 e. The van der Waals surface area contributed by atoms with Gasteiger partial charge in [-0.15, -0.1) is 0 Å². The number of alkyl halides is 2. The van der Waals surface area contributed by atoms with E-state index in [9.17, 15) is 8.78 Å². The third-order valence-electron chi connectivity index (χ3n) is 2.01. The number of rotatable bonds is 3. The van der Waals surface area contributed by atoms with Gasteiger partial charge in [0.25, 0.3) is 6.43 Å². The number of nitrogens with two attached hydrogens (primary N) is 1. The van der Waals surface area contributed by atoms with Gasteiger partial charge in [0.15, 0.2) is 0 Å². The molecule has 0 atom stereocenters. The van der Waals surface area contributed by atoms with Crippen molar-refractivity contribution in [2.45, 2.75) is 13.3 Å². The van der Waals surface area contributed by atoms with Crippen molar-refractivity contribution in [1.82, 2.24) is 0 Å². The van der Waals surface area contributed by atoms with E-state index in [0.29, 0.717) is 11.4 Å². The van der Waals surface area contributed by atoms with Crippen molar-refractivity contribution in [2.24, 2.45) is 0 Å². The first-order valence-electron chi connectivity index (χ1n) is 4.36. The molecule has 0 aliphatic heterocycles. The van der Waals surface area contributed by atoms with Crippen LogP contribution in [0.25, 0.3) is 0 Å². The van der Waals surface area contributed by atoms with E-state index < -0.39 is 6.43 Å². The van der Waals surface area contributed by atoms with Gasteiger partial charge in [0.1, 0.15) is 0 Å². The van der Waals surface area contributed by atoms with E-state index in [2.05, 4.69) is 0 Å². The van der Waals surface area contributed by atoms with Crippen molar-refractivity contribution in [3.05, 3.63) is 23.8 Å². The predicted octanol–water partition coefficient (Wildman–Crippen LogP) is 2.28. The number of nitrogen functional groups attached to an aromatic ring is 1. The molecule has 2 nitrogen and oxygen atoms in total. The van der Waals surface area contributed by atoms with Crippen LogP contribution in [-0.4, -0.2) is 20.0 Å². The van der Waals surface area contributed by atoms with Crippen molar-refractivity contribution in [1.29, 1.82) is 0 Å². The van der Waals surface area contributed by atoms with E-state index in [1.54, 1.807) is 19.2 Å². The molecule has 0 aromatic heterocycles. The predicted molar refractivity (Wildman–Crippen MR) is 54.9 cm³/mol. The Bertz CT molecular complexity index is 313. The van der Waals surface area contributed by atoms with Crippen LogP contribution >= 0.6 is 0 Å². The Morgan fingerprint density at radius 2 is 2.07 bits per heavy atom. The van der Waals surface area contributed by atoms with Crippen LogP contribution in [0.3, 0.4) is 0 Å². The molecule has 14 heavy (non-hydrogen) atoms. The molecule has 78 valence electrons. The number of halogens is 2. The molecule has 0 aliphatic rings. The molecule has 0 radical (unpaired) electrons. The summed E-state index contributed by atoms with van der Waals surface area (Å²) < 4.78 is 24.2. The number of hydrogen-bond donors (Lipinski definition) is 1. The van der Waals surface area contributed by atoms with Gasteiger partial charge in [0.05, 0.1) is 17.9 Å². The van der Waals surface area contributed by atoms with Gasteiger partial charge in [-0.05, 0) is 24.6 Å². The van der Waals surface area contributed by atoms with Gasteiger partial charge in [-0.25, -0.2) is 8.78 Å². The minimum atomic E-state index is -2.35. The van der Waals surface area contributed by atoms with Crippen molar-refractivity contribution in [3.8, 4) is 0 Å². The lowest BCUT2D eigenvalue weighted by molar-refractivity contribution is 0.156. The van der Waals surface area contributed by atoms with E-state index in [1.807, 2.05) is 13.0 Å². The number of aryl methyl sites for hydroxylation is 1. The molecule has 0 saturated heterocycles.